The summed E-state index contributed by atoms with van der Waals surface area (Å²) < 4.78 is 11.2. The highest BCUT2D eigenvalue weighted by molar-refractivity contribution is 7.19. The molecular weight excluding hydrogens is 454 g/mol. The average Bonchev–Trinajstić information content (AvgIpc) is 3.52. The summed E-state index contributed by atoms with van der Waals surface area (Å²) in [4.78, 5) is 39.8. The molecule has 34 heavy (non-hydrogen) atoms. The number of aryl methyl sites for hydroxylation is 1. The molecule has 2 aromatic heterocycles. The fourth-order valence-corrected chi connectivity index (χ4v) is 5.86. The van der Waals surface area contributed by atoms with E-state index in [-0.39, 0.29) is 24.0 Å². The van der Waals surface area contributed by atoms with Crippen LogP contribution in [0, 0.1) is 12.8 Å². The van der Waals surface area contributed by atoms with Crippen LogP contribution in [0.2, 0.25) is 0 Å². The fraction of sp³-hybridized carbons (Fsp3) is 0.583. The van der Waals surface area contributed by atoms with Gasteiger partial charge < -0.3 is 24.6 Å². The summed E-state index contributed by atoms with van der Waals surface area (Å²) in [5, 5.41) is 3.32. The number of fused-ring (bicyclic) bond motifs is 1. The summed E-state index contributed by atoms with van der Waals surface area (Å²) in [5.74, 6) is 1.21. The third-order valence-corrected chi connectivity index (χ3v) is 7.89. The maximum atomic E-state index is 13.6. The van der Waals surface area contributed by atoms with E-state index in [0.29, 0.717) is 55.3 Å². The number of aromatic nitrogens is 2. The van der Waals surface area contributed by atoms with Gasteiger partial charge in [-0.05, 0) is 44.2 Å². The van der Waals surface area contributed by atoms with Crippen molar-refractivity contribution in [2.24, 2.45) is 5.92 Å². The number of nitrogens with one attached hydrogen (secondary N) is 1. The highest BCUT2D eigenvalue weighted by Gasteiger charge is 2.41. The second-order valence-electron chi connectivity index (χ2n) is 9.39. The first-order chi connectivity index (χ1) is 16.4. The lowest BCUT2D eigenvalue weighted by Gasteiger charge is -2.34. The van der Waals surface area contributed by atoms with Crippen LogP contribution in [0.4, 0.5) is 10.9 Å². The average molecular weight is 486 g/mol. The normalized spacial score (nSPS) is 21.1. The van der Waals surface area contributed by atoms with Crippen LogP contribution in [0.25, 0.3) is 10.6 Å². The lowest BCUT2D eigenvalue weighted by molar-refractivity contribution is -0.114. The van der Waals surface area contributed by atoms with Gasteiger partial charge in [0.15, 0.2) is 5.13 Å². The van der Waals surface area contributed by atoms with Crippen molar-refractivity contribution in [3.8, 4) is 10.6 Å². The number of carbonyl (C=O) groups is 2. The van der Waals surface area contributed by atoms with Gasteiger partial charge in [0.1, 0.15) is 5.82 Å². The highest BCUT2D eigenvalue weighted by Crippen LogP contribution is 2.42. The molecular formula is C24H31N5O4S. The molecule has 2 unspecified atom stereocenters. The molecule has 1 N–H and O–H groups in total. The number of nitrogens with zero attached hydrogens (tertiary/aromatic N) is 4. The fourth-order valence-electron chi connectivity index (χ4n) is 4.88. The van der Waals surface area contributed by atoms with Crippen molar-refractivity contribution in [2.75, 3.05) is 43.6 Å². The second kappa shape index (κ2) is 9.24. The molecule has 4 heterocycles. The van der Waals surface area contributed by atoms with E-state index in [1.807, 2.05) is 17.9 Å². The number of pyridine rings is 1. The molecule has 10 heteroatoms. The minimum absolute atomic E-state index is 0.0678. The maximum Gasteiger partial charge on any atom is 0.258 e. The van der Waals surface area contributed by atoms with Crippen molar-refractivity contribution in [3.05, 3.63) is 22.9 Å². The third-order valence-electron chi connectivity index (χ3n) is 6.80. The van der Waals surface area contributed by atoms with E-state index in [2.05, 4.69) is 22.1 Å². The molecule has 0 aromatic carbocycles. The molecule has 3 aliphatic rings. The zero-order valence-electron chi connectivity index (χ0n) is 20.1. The van der Waals surface area contributed by atoms with E-state index in [4.69, 9.17) is 14.5 Å². The van der Waals surface area contributed by atoms with Crippen LogP contribution in [0.15, 0.2) is 6.07 Å². The number of anilines is 2. The number of morpholine rings is 1. The van der Waals surface area contributed by atoms with Gasteiger partial charge in [-0.1, -0.05) is 11.3 Å². The lowest BCUT2D eigenvalue weighted by Crippen LogP contribution is -2.45. The first-order valence-corrected chi connectivity index (χ1v) is 12.6. The number of carbonyl (C=O) groups excluding carboxylic acids is 2. The Morgan fingerprint density at radius 3 is 2.88 bits per heavy atom. The minimum atomic E-state index is -0.157. The van der Waals surface area contributed by atoms with E-state index in [9.17, 15) is 9.59 Å². The summed E-state index contributed by atoms with van der Waals surface area (Å²) >= 11 is 1.41. The SMILES string of the molecule is COCC1CN(c2nc(-c3sc(NC(C)=O)nc3C)cc3c2C(=O)N(C(C)C2CC2)C3)CCO1. The van der Waals surface area contributed by atoms with Crippen LogP contribution < -0.4 is 10.2 Å². The predicted octanol–water partition coefficient (Wildman–Crippen LogP) is 3.08. The van der Waals surface area contributed by atoms with Crippen molar-refractivity contribution in [1.82, 2.24) is 14.9 Å². The van der Waals surface area contributed by atoms with Crippen LogP contribution in [0.1, 0.15) is 48.3 Å². The second-order valence-corrected chi connectivity index (χ2v) is 10.4. The lowest BCUT2D eigenvalue weighted by atomic mass is 10.1. The summed E-state index contributed by atoms with van der Waals surface area (Å²) in [6, 6.07) is 2.25. The number of amides is 2. The standard InChI is InChI=1S/C24H31N5O4S/c1-13-21(34-24(25-13)26-15(3)30)19-9-17-10-29(14(2)16-5-6-16)23(31)20(17)22(27-19)28-7-8-33-18(11-28)12-32-4/h9,14,16,18H,5-8,10-12H2,1-4H3,(H,25,26,30). The molecule has 1 aliphatic carbocycles. The van der Waals surface area contributed by atoms with E-state index in [1.165, 1.54) is 31.1 Å². The summed E-state index contributed by atoms with van der Waals surface area (Å²) in [7, 11) is 1.67. The van der Waals surface area contributed by atoms with E-state index in [1.54, 1.807) is 7.11 Å². The van der Waals surface area contributed by atoms with Gasteiger partial charge in [-0.2, -0.15) is 0 Å². The van der Waals surface area contributed by atoms with Crippen molar-refractivity contribution in [1.29, 1.82) is 0 Å². The third kappa shape index (κ3) is 4.42. The Balaban J connectivity index is 1.56. The number of ether oxygens (including phenoxy) is 2. The van der Waals surface area contributed by atoms with E-state index in [0.717, 1.165) is 21.8 Å². The van der Waals surface area contributed by atoms with Crippen LogP contribution in [0.5, 0.6) is 0 Å². The topological polar surface area (TPSA) is 96.9 Å². The predicted molar refractivity (Wildman–Crippen MR) is 130 cm³/mol. The molecule has 5 rings (SSSR count). The van der Waals surface area contributed by atoms with E-state index >= 15 is 0 Å². The number of hydrogen-bond acceptors (Lipinski definition) is 8. The Bertz CT molecular complexity index is 1110. The van der Waals surface area contributed by atoms with Crippen molar-refractivity contribution in [2.45, 2.75) is 52.3 Å². The molecule has 2 fully saturated rings. The number of methoxy groups -OCH3 is 1. The Labute approximate surface area is 203 Å². The van der Waals surface area contributed by atoms with Gasteiger partial charge in [-0.3, -0.25) is 9.59 Å². The van der Waals surface area contributed by atoms with Crippen molar-refractivity contribution in [3.63, 3.8) is 0 Å². The van der Waals surface area contributed by atoms with Crippen molar-refractivity contribution >= 4 is 34.1 Å². The molecule has 2 aliphatic heterocycles. The summed E-state index contributed by atoms with van der Waals surface area (Å²) in [6.07, 6.45) is 2.30. The Kier molecular flexibility index (Phi) is 6.30. The molecule has 2 aromatic rings. The Morgan fingerprint density at radius 2 is 2.18 bits per heavy atom. The maximum absolute atomic E-state index is 13.6. The summed E-state index contributed by atoms with van der Waals surface area (Å²) in [5.41, 5.74) is 3.29. The first-order valence-electron chi connectivity index (χ1n) is 11.8. The van der Waals surface area contributed by atoms with Gasteiger partial charge in [0.25, 0.3) is 5.91 Å². The molecule has 0 bridgehead atoms. The molecule has 1 saturated heterocycles. The van der Waals surface area contributed by atoms with Gasteiger partial charge in [0.2, 0.25) is 5.91 Å². The first kappa shape index (κ1) is 23.2. The number of hydrogen-bond donors (Lipinski definition) is 1. The molecule has 9 nitrogen and oxygen atoms in total. The van der Waals surface area contributed by atoms with Crippen molar-refractivity contribution < 1.29 is 19.1 Å². The Morgan fingerprint density at radius 1 is 1.38 bits per heavy atom. The smallest absolute Gasteiger partial charge is 0.258 e. The van der Waals surface area contributed by atoms with Crippen LogP contribution in [-0.2, 0) is 20.8 Å². The zero-order valence-corrected chi connectivity index (χ0v) is 20.9. The van der Waals surface area contributed by atoms with Gasteiger partial charge in [-0.25, -0.2) is 9.97 Å². The van der Waals surface area contributed by atoms with Gasteiger partial charge in [0, 0.05) is 39.7 Å². The minimum Gasteiger partial charge on any atom is -0.382 e. The number of thiazole rings is 1. The van der Waals surface area contributed by atoms with Gasteiger partial charge >= 0.3 is 0 Å². The molecule has 182 valence electrons. The van der Waals surface area contributed by atoms with E-state index < -0.39 is 0 Å². The molecule has 0 spiro atoms. The van der Waals surface area contributed by atoms with Crippen LogP contribution in [0.3, 0.4) is 0 Å². The molecule has 2 amide bonds. The quantitative estimate of drug-likeness (QED) is 0.644. The zero-order chi connectivity index (χ0) is 24.0. The number of rotatable bonds is 7. The summed E-state index contributed by atoms with van der Waals surface area (Å²) in [6.45, 7) is 8.46. The molecule has 2 atom stereocenters. The van der Waals surface area contributed by atoms with Crippen LogP contribution in [-0.4, -0.2) is 72.2 Å². The molecule has 0 radical (unpaired) electrons. The largest absolute Gasteiger partial charge is 0.382 e. The molecule has 1 saturated carbocycles. The van der Waals surface area contributed by atoms with Gasteiger partial charge in [-0.15, -0.1) is 0 Å². The highest BCUT2D eigenvalue weighted by atomic mass is 32.1. The van der Waals surface area contributed by atoms with Gasteiger partial charge in [0.05, 0.1) is 41.1 Å². The Hall–Kier alpha value is -2.56. The van der Waals surface area contributed by atoms with Crippen LogP contribution >= 0.6 is 11.3 Å². The monoisotopic (exact) mass is 485 g/mol.